The van der Waals surface area contributed by atoms with E-state index in [4.69, 9.17) is 4.74 Å². The predicted octanol–water partition coefficient (Wildman–Crippen LogP) is 5.82. The molecule has 1 aliphatic heterocycles. The molecule has 0 radical (unpaired) electrons. The van der Waals surface area contributed by atoms with Gasteiger partial charge in [0.1, 0.15) is 22.7 Å². The van der Waals surface area contributed by atoms with Crippen molar-refractivity contribution in [2.75, 3.05) is 0 Å². The van der Waals surface area contributed by atoms with Gasteiger partial charge >= 0.3 is 5.97 Å². The van der Waals surface area contributed by atoms with Crippen LogP contribution < -0.4 is 4.74 Å². The Morgan fingerprint density at radius 2 is 2.04 bits per heavy atom. The first-order valence-electron chi connectivity index (χ1n) is 10.2. The zero-order chi connectivity index (χ0) is 19.8. The monoisotopic (exact) mass is 372 g/mol. The summed E-state index contributed by atoms with van der Waals surface area (Å²) in [5, 5.41) is 20.8. The molecule has 1 aromatic carbocycles. The van der Waals surface area contributed by atoms with Crippen LogP contribution in [-0.4, -0.2) is 21.8 Å². The lowest BCUT2D eigenvalue weighted by molar-refractivity contribution is 0.0106. The van der Waals surface area contributed by atoms with Gasteiger partial charge < -0.3 is 14.9 Å². The van der Waals surface area contributed by atoms with Gasteiger partial charge in [0.05, 0.1) is 0 Å². The van der Waals surface area contributed by atoms with E-state index in [0.717, 1.165) is 38.5 Å². The third kappa shape index (κ3) is 3.71. The fraction of sp³-hybridized carbons (Fsp3) is 0.609. The lowest BCUT2D eigenvalue weighted by Gasteiger charge is -2.46. The van der Waals surface area contributed by atoms with Crippen molar-refractivity contribution in [2.45, 2.75) is 84.2 Å². The summed E-state index contributed by atoms with van der Waals surface area (Å²) in [6.45, 7) is 8.46. The van der Waals surface area contributed by atoms with Crippen LogP contribution in [0.4, 0.5) is 0 Å². The van der Waals surface area contributed by atoms with Gasteiger partial charge in [-0.2, -0.15) is 0 Å². The number of unbranched alkanes of at least 4 members (excludes halogenated alkanes) is 3. The van der Waals surface area contributed by atoms with Crippen molar-refractivity contribution >= 4 is 5.97 Å². The van der Waals surface area contributed by atoms with Crippen molar-refractivity contribution < 1.29 is 19.7 Å². The maximum Gasteiger partial charge on any atom is 0.339 e. The number of allylic oxidation sites excluding steroid dienone is 2. The Morgan fingerprint density at radius 3 is 2.70 bits per heavy atom. The van der Waals surface area contributed by atoms with Crippen LogP contribution in [0, 0.1) is 5.92 Å². The maximum absolute atomic E-state index is 12.0. The third-order valence-corrected chi connectivity index (χ3v) is 6.24. The molecule has 1 aromatic rings. The Labute approximate surface area is 162 Å². The topological polar surface area (TPSA) is 66.8 Å². The second-order valence-electron chi connectivity index (χ2n) is 8.68. The summed E-state index contributed by atoms with van der Waals surface area (Å²) in [6, 6.07) is 1.88. The van der Waals surface area contributed by atoms with Crippen molar-refractivity contribution in [3.63, 3.8) is 0 Å². The molecule has 2 aliphatic rings. The van der Waals surface area contributed by atoms with Crippen molar-refractivity contribution in [2.24, 2.45) is 5.92 Å². The number of aryl methyl sites for hydroxylation is 1. The molecule has 0 bridgehead atoms. The van der Waals surface area contributed by atoms with Crippen LogP contribution in [0.15, 0.2) is 17.7 Å². The first-order chi connectivity index (χ1) is 12.8. The number of carbonyl (C=O) groups is 1. The zero-order valence-corrected chi connectivity index (χ0v) is 17.0. The summed E-state index contributed by atoms with van der Waals surface area (Å²) >= 11 is 0. The SMILES string of the molecule is CCCCCCc1cc2c(c(O)c1C(=O)O)C1C=C(C)CCC1C(C)(C)O2. The Morgan fingerprint density at radius 1 is 1.30 bits per heavy atom. The Bertz CT molecular complexity index is 760. The minimum atomic E-state index is -1.06. The Kier molecular flexibility index (Phi) is 5.55. The zero-order valence-electron chi connectivity index (χ0n) is 17.0. The molecule has 0 saturated carbocycles. The lowest BCUT2D eigenvalue weighted by Crippen LogP contribution is -2.45. The Balaban J connectivity index is 2.09. The molecule has 0 aromatic heterocycles. The van der Waals surface area contributed by atoms with Crippen LogP contribution >= 0.6 is 0 Å². The molecule has 2 atom stereocenters. The van der Waals surface area contributed by atoms with Gasteiger partial charge in [-0.25, -0.2) is 4.79 Å². The highest BCUT2D eigenvalue weighted by molar-refractivity contribution is 5.94. The third-order valence-electron chi connectivity index (χ3n) is 6.24. The number of hydrogen-bond acceptors (Lipinski definition) is 3. The summed E-state index contributed by atoms with van der Waals surface area (Å²) in [7, 11) is 0. The summed E-state index contributed by atoms with van der Waals surface area (Å²) in [6.07, 6.45) is 9.10. The number of rotatable bonds is 6. The molecule has 0 fully saturated rings. The van der Waals surface area contributed by atoms with E-state index in [0.29, 0.717) is 23.3 Å². The highest BCUT2D eigenvalue weighted by Crippen LogP contribution is 2.54. The van der Waals surface area contributed by atoms with Gasteiger partial charge in [0.25, 0.3) is 0 Å². The Hall–Kier alpha value is -1.97. The molecule has 3 rings (SSSR count). The number of ether oxygens (including phenoxy) is 1. The fourth-order valence-electron chi connectivity index (χ4n) is 4.79. The van der Waals surface area contributed by atoms with Crippen molar-refractivity contribution in [3.05, 3.63) is 34.4 Å². The second kappa shape index (κ2) is 7.57. The number of aromatic hydroxyl groups is 1. The van der Waals surface area contributed by atoms with Crippen LogP contribution in [0.25, 0.3) is 0 Å². The molecule has 148 valence electrons. The van der Waals surface area contributed by atoms with Gasteiger partial charge in [-0.3, -0.25) is 0 Å². The van der Waals surface area contributed by atoms with Crippen LogP contribution in [0.1, 0.15) is 93.6 Å². The first kappa shape index (κ1) is 19.8. The van der Waals surface area contributed by atoms with Gasteiger partial charge in [-0.15, -0.1) is 0 Å². The summed E-state index contributed by atoms with van der Waals surface area (Å²) in [5.74, 6) is -0.262. The van der Waals surface area contributed by atoms with Gasteiger partial charge in [-0.05, 0) is 58.1 Å². The molecule has 27 heavy (non-hydrogen) atoms. The highest BCUT2D eigenvalue weighted by Gasteiger charge is 2.46. The standard InChI is InChI=1S/C23H32O4/c1-5-6-7-8-9-15-13-18-20(21(24)19(15)22(25)26)16-12-14(2)10-11-17(16)23(3,4)27-18/h12-13,16-17,24H,5-11H2,1-4H3,(H,25,26). The number of benzene rings is 1. The van der Waals surface area contributed by atoms with E-state index in [9.17, 15) is 15.0 Å². The highest BCUT2D eigenvalue weighted by atomic mass is 16.5. The molecule has 0 saturated heterocycles. The molecule has 1 heterocycles. The summed E-state index contributed by atoms with van der Waals surface area (Å²) < 4.78 is 6.33. The number of aromatic carboxylic acids is 1. The van der Waals surface area contributed by atoms with Crippen molar-refractivity contribution in [1.82, 2.24) is 0 Å². The van der Waals surface area contributed by atoms with E-state index in [1.54, 1.807) is 0 Å². The van der Waals surface area contributed by atoms with Crippen molar-refractivity contribution in [1.29, 1.82) is 0 Å². The van der Waals surface area contributed by atoms with Crippen LogP contribution in [0.3, 0.4) is 0 Å². The van der Waals surface area contributed by atoms with Gasteiger partial charge in [0, 0.05) is 17.4 Å². The predicted molar refractivity (Wildman–Crippen MR) is 107 cm³/mol. The largest absolute Gasteiger partial charge is 0.507 e. The normalized spacial score (nSPS) is 23.0. The average Bonchev–Trinajstić information content (AvgIpc) is 2.57. The van der Waals surface area contributed by atoms with E-state index in [1.807, 2.05) is 6.07 Å². The molecule has 2 unspecified atom stereocenters. The fourth-order valence-corrected chi connectivity index (χ4v) is 4.79. The van der Waals surface area contributed by atoms with Crippen LogP contribution in [0.2, 0.25) is 0 Å². The molecule has 0 amide bonds. The van der Waals surface area contributed by atoms with Gasteiger partial charge in [-0.1, -0.05) is 37.8 Å². The number of phenols is 1. The molecule has 2 N–H and O–H groups in total. The van der Waals surface area contributed by atoms with E-state index in [1.165, 1.54) is 5.57 Å². The van der Waals surface area contributed by atoms with Crippen molar-refractivity contribution in [3.8, 4) is 11.5 Å². The molecule has 1 aliphatic carbocycles. The van der Waals surface area contributed by atoms with E-state index >= 15 is 0 Å². The average molecular weight is 373 g/mol. The molecule has 4 nitrogen and oxygen atoms in total. The summed E-state index contributed by atoms with van der Waals surface area (Å²) in [5.41, 5.74) is 2.35. The van der Waals surface area contributed by atoms with Crippen LogP contribution in [-0.2, 0) is 6.42 Å². The molecule has 0 spiro atoms. The van der Waals surface area contributed by atoms with E-state index < -0.39 is 5.97 Å². The van der Waals surface area contributed by atoms with Crippen LogP contribution in [0.5, 0.6) is 11.5 Å². The molecular weight excluding hydrogens is 340 g/mol. The molecule has 4 heteroatoms. The minimum Gasteiger partial charge on any atom is -0.507 e. The number of fused-ring (bicyclic) bond motifs is 3. The van der Waals surface area contributed by atoms with E-state index in [2.05, 4.69) is 33.8 Å². The second-order valence-corrected chi connectivity index (χ2v) is 8.68. The summed E-state index contributed by atoms with van der Waals surface area (Å²) in [4.78, 5) is 12.0. The van der Waals surface area contributed by atoms with Gasteiger partial charge in [0.2, 0.25) is 0 Å². The minimum absolute atomic E-state index is 0.00439. The van der Waals surface area contributed by atoms with Gasteiger partial charge in [0.15, 0.2) is 0 Å². The smallest absolute Gasteiger partial charge is 0.339 e. The number of carboxylic acid groups (broad SMARTS) is 1. The molecular formula is C23H32O4. The quantitative estimate of drug-likeness (QED) is 0.487. The first-order valence-corrected chi connectivity index (χ1v) is 10.2. The lowest BCUT2D eigenvalue weighted by atomic mass is 9.67. The number of hydrogen-bond donors (Lipinski definition) is 2. The number of carboxylic acids is 1. The maximum atomic E-state index is 12.0. The van der Waals surface area contributed by atoms with E-state index in [-0.39, 0.29) is 28.7 Å².